The van der Waals surface area contributed by atoms with Crippen molar-refractivity contribution in [1.82, 2.24) is 14.7 Å². The van der Waals surface area contributed by atoms with Gasteiger partial charge in [0, 0.05) is 51.4 Å². The zero-order valence-corrected chi connectivity index (χ0v) is 15.8. The van der Waals surface area contributed by atoms with Crippen molar-refractivity contribution in [3.8, 4) is 5.75 Å². The monoisotopic (exact) mass is 345 g/mol. The highest BCUT2D eigenvalue weighted by molar-refractivity contribution is 5.97. The van der Waals surface area contributed by atoms with Crippen LogP contribution in [0.1, 0.15) is 37.0 Å². The van der Waals surface area contributed by atoms with E-state index in [0.717, 1.165) is 39.3 Å². The molecule has 0 unspecified atom stereocenters. The number of methoxy groups -OCH3 is 1. The van der Waals surface area contributed by atoms with Crippen LogP contribution in [0.4, 0.5) is 0 Å². The fourth-order valence-corrected chi connectivity index (χ4v) is 4.11. The molecule has 3 rings (SSSR count). The molecule has 1 aromatic carbocycles. The Morgan fingerprint density at radius 1 is 1.04 bits per heavy atom. The van der Waals surface area contributed by atoms with Gasteiger partial charge in [0.2, 0.25) is 0 Å². The number of carbonyl (C=O) groups is 1. The molecule has 0 aliphatic carbocycles. The molecule has 0 N–H and O–H groups in total. The van der Waals surface area contributed by atoms with E-state index in [1.165, 1.54) is 12.8 Å². The number of nitrogens with zero attached hydrogens (tertiary/aromatic N) is 3. The molecule has 0 bridgehead atoms. The lowest BCUT2D eigenvalue weighted by molar-refractivity contribution is 0.0611. The molecule has 138 valence electrons. The van der Waals surface area contributed by atoms with E-state index in [-0.39, 0.29) is 5.91 Å². The van der Waals surface area contributed by atoms with Crippen LogP contribution in [0.15, 0.2) is 24.3 Å². The fraction of sp³-hybridized carbons (Fsp3) is 0.650. The van der Waals surface area contributed by atoms with E-state index in [4.69, 9.17) is 4.74 Å². The molecule has 0 saturated carbocycles. The van der Waals surface area contributed by atoms with E-state index in [1.807, 2.05) is 29.2 Å². The Hall–Kier alpha value is -1.59. The first-order valence-electron chi connectivity index (χ1n) is 9.50. The zero-order valence-electron chi connectivity index (χ0n) is 15.8. The van der Waals surface area contributed by atoms with Crippen molar-refractivity contribution in [3.63, 3.8) is 0 Å². The third kappa shape index (κ3) is 4.15. The van der Waals surface area contributed by atoms with Crippen molar-refractivity contribution < 1.29 is 9.53 Å². The Morgan fingerprint density at radius 3 is 2.32 bits per heavy atom. The minimum absolute atomic E-state index is 0.0823. The minimum Gasteiger partial charge on any atom is -0.496 e. The van der Waals surface area contributed by atoms with Gasteiger partial charge in [0.05, 0.1) is 12.7 Å². The number of piperazine rings is 1. The van der Waals surface area contributed by atoms with Crippen LogP contribution >= 0.6 is 0 Å². The maximum absolute atomic E-state index is 12.8. The SMILES string of the molecule is COc1ccccc1C(=O)N1CCN(CCN2[C@@H](C)CC[C@@H]2C)CC1. The molecule has 0 radical (unpaired) electrons. The second kappa shape index (κ2) is 8.19. The lowest BCUT2D eigenvalue weighted by atomic mass is 10.1. The minimum atomic E-state index is 0.0823. The second-order valence-corrected chi connectivity index (χ2v) is 7.35. The molecule has 2 heterocycles. The molecule has 1 aromatic rings. The summed E-state index contributed by atoms with van der Waals surface area (Å²) in [5, 5.41) is 0. The first kappa shape index (κ1) is 18.2. The van der Waals surface area contributed by atoms with Gasteiger partial charge in [0.25, 0.3) is 5.91 Å². The molecule has 5 heteroatoms. The van der Waals surface area contributed by atoms with Crippen LogP contribution in [0, 0.1) is 0 Å². The fourth-order valence-electron chi connectivity index (χ4n) is 4.11. The number of hydrogen-bond donors (Lipinski definition) is 0. The van der Waals surface area contributed by atoms with E-state index >= 15 is 0 Å². The summed E-state index contributed by atoms with van der Waals surface area (Å²) in [6, 6.07) is 8.91. The van der Waals surface area contributed by atoms with E-state index in [2.05, 4.69) is 23.6 Å². The summed E-state index contributed by atoms with van der Waals surface area (Å²) in [5.41, 5.74) is 0.665. The van der Waals surface area contributed by atoms with Crippen LogP contribution in [0.3, 0.4) is 0 Å². The van der Waals surface area contributed by atoms with Crippen LogP contribution in [0.25, 0.3) is 0 Å². The summed E-state index contributed by atoms with van der Waals surface area (Å²) in [5.74, 6) is 0.742. The second-order valence-electron chi connectivity index (χ2n) is 7.35. The quantitative estimate of drug-likeness (QED) is 0.821. The normalized spacial score (nSPS) is 25.3. The van der Waals surface area contributed by atoms with E-state index in [1.54, 1.807) is 7.11 Å². The molecule has 2 fully saturated rings. The third-order valence-electron chi connectivity index (χ3n) is 5.81. The summed E-state index contributed by atoms with van der Waals surface area (Å²) in [6.45, 7) is 10.4. The summed E-state index contributed by atoms with van der Waals surface area (Å²) in [6.07, 6.45) is 2.64. The highest BCUT2D eigenvalue weighted by atomic mass is 16.5. The van der Waals surface area contributed by atoms with Gasteiger partial charge >= 0.3 is 0 Å². The number of benzene rings is 1. The average Bonchev–Trinajstić information content (AvgIpc) is 2.97. The van der Waals surface area contributed by atoms with Gasteiger partial charge in [-0.1, -0.05) is 12.1 Å². The molecule has 2 saturated heterocycles. The number of para-hydroxylation sites is 1. The molecule has 1 amide bonds. The Bertz CT molecular complexity index is 574. The largest absolute Gasteiger partial charge is 0.496 e. The van der Waals surface area contributed by atoms with Gasteiger partial charge in [-0.3, -0.25) is 14.6 Å². The molecule has 5 nitrogen and oxygen atoms in total. The van der Waals surface area contributed by atoms with E-state index in [9.17, 15) is 4.79 Å². The molecule has 2 aliphatic rings. The van der Waals surface area contributed by atoms with Crippen LogP contribution in [-0.2, 0) is 0 Å². The predicted octanol–water partition coefficient (Wildman–Crippen LogP) is 2.33. The Kier molecular flexibility index (Phi) is 5.97. The Labute approximate surface area is 151 Å². The molecule has 2 atom stereocenters. The van der Waals surface area contributed by atoms with Gasteiger partial charge in [0.1, 0.15) is 5.75 Å². The topological polar surface area (TPSA) is 36.0 Å². The lowest BCUT2D eigenvalue weighted by Gasteiger charge is -2.36. The van der Waals surface area contributed by atoms with Gasteiger partial charge in [-0.15, -0.1) is 0 Å². The van der Waals surface area contributed by atoms with Crippen molar-refractivity contribution in [2.45, 2.75) is 38.8 Å². The van der Waals surface area contributed by atoms with Crippen LogP contribution in [0.2, 0.25) is 0 Å². The third-order valence-corrected chi connectivity index (χ3v) is 5.81. The van der Waals surface area contributed by atoms with Crippen LogP contribution < -0.4 is 4.74 Å². The number of hydrogen-bond acceptors (Lipinski definition) is 4. The highest BCUT2D eigenvalue weighted by Gasteiger charge is 2.28. The van der Waals surface area contributed by atoms with Crippen molar-refractivity contribution in [1.29, 1.82) is 0 Å². The number of amides is 1. The molecular weight excluding hydrogens is 314 g/mol. The van der Waals surface area contributed by atoms with Gasteiger partial charge < -0.3 is 9.64 Å². The number of likely N-dealkylation sites (tertiary alicyclic amines) is 1. The summed E-state index contributed by atoms with van der Waals surface area (Å²) in [7, 11) is 1.62. The first-order chi connectivity index (χ1) is 12.1. The van der Waals surface area contributed by atoms with Gasteiger partial charge in [-0.2, -0.15) is 0 Å². The standard InChI is InChI=1S/C20H31N3O2/c1-16-8-9-17(2)23(16)15-12-21-10-13-22(14-11-21)20(24)18-6-4-5-7-19(18)25-3/h4-7,16-17H,8-15H2,1-3H3/t16-,17-/m0/s1. The van der Waals surface area contributed by atoms with Crippen molar-refractivity contribution in [2.75, 3.05) is 46.4 Å². The molecule has 25 heavy (non-hydrogen) atoms. The molecule has 0 spiro atoms. The summed E-state index contributed by atoms with van der Waals surface area (Å²) < 4.78 is 5.33. The highest BCUT2D eigenvalue weighted by Crippen LogP contribution is 2.23. The average molecular weight is 345 g/mol. The predicted molar refractivity (Wildman–Crippen MR) is 100 cm³/mol. The molecule has 2 aliphatic heterocycles. The van der Waals surface area contributed by atoms with Crippen molar-refractivity contribution in [3.05, 3.63) is 29.8 Å². The lowest BCUT2D eigenvalue weighted by Crippen LogP contribution is -2.50. The van der Waals surface area contributed by atoms with Gasteiger partial charge in [-0.05, 0) is 38.8 Å². The Balaban J connectivity index is 1.49. The number of rotatable bonds is 5. The maximum atomic E-state index is 12.8. The Morgan fingerprint density at radius 2 is 1.68 bits per heavy atom. The van der Waals surface area contributed by atoms with Crippen molar-refractivity contribution in [2.24, 2.45) is 0 Å². The first-order valence-corrected chi connectivity index (χ1v) is 9.50. The van der Waals surface area contributed by atoms with Crippen LogP contribution in [-0.4, -0.2) is 79.1 Å². The number of carbonyl (C=O) groups excluding carboxylic acids is 1. The van der Waals surface area contributed by atoms with Crippen LogP contribution in [0.5, 0.6) is 5.75 Å². The van der Waals surface area contributed by atoms with E-state index in [0.29, 0.717) is 23.4 Å². The number of ether oxygens (including phenoxy) is 1. The van der Waals surface area contributed by atoms with Gasteiger partial charge in [-0.25, -0.2) is 0 Å². The summed E-state index contributed by atoms with van der Waals surface area (Å²) in [4.78, 5) is 19.8. The zero-order chi connectivity index (χ0) is 17.8. The van der Waals surface area contributed by atoms with Crippen molar-refractivity contribution >= 4 is 5.91 Å². The van der Waals surface area contributed by atoms with E-state index < -0.39 is 0 Å². The van der Waals surface area contributed by atoms with Gasteiger partial charge in [0.15, 0.2) is 0 Å². The maximum Gasteiger partial charge on any atom is 0.257 e. The molecular formula is C20H31N3O2. The smallest absolute Gasteiger partial charge is 0.257 e. The molecule has 0 aromatic heterocycles. The summed E-state index contributed by atoms with van der Waals surface area (Å²) >= 11 is 0.